The molecule has 2 N–H and O–H groups in total. The van der Waals surface area contributed by atoms with Crippen LogP contribution in [-0.2, 0) is 14.8 Å². The second-order valence-electron chi connectivity index (χ2n) is 8.05. The van der Waals surface area contributed by atoms with Crippen molar-refractivity contribution in [2.24, 2.45) is 0 Å². The Bertz CT molecular complexity index is 1250. The number of nitrogens with zero attached hydrogens (tertiary/aromatic N) is 1. The summed E-state index contributed by atoms with van der Waals surface area (Å²) >= 11 is 0. The number of anilines is 3. The molecule has 1 amide bonds. The summed E-state index contributed by atoms with van der Waals surface area (Å²) in [5, 5.41) is 2.89. The number of sulfonamides is 1. The Morgan fingerprint density at radius 3 is 2.36 bits per heavy atom. The fraction of sp³-hybridized carbons (Fsp3) is 0.240. The maximum Gasteiger partial charge on any atom is 0.261 e. The molecule has 1 saturated heterocycles. The summed E-state index contributed by atoms with van der Waals surface area (Å²) in [6, 6.07) is 18.9. The van der Waals surface area contributed by atoms with Crippen LogP contribution in [0, 0.1) is 13.8 Å². The summed E-state index contributed by atoms with van der Waals surface area (Å²) in [5.74, 6) is -0.371. The monoisotopic (exact) mass is 465 g/mol. The number of hydrogen-bond acceptors (Lipinski definition) is 5. The lowest BCUT2D eigenvalue weighted by atomic mass is 10.1. The molecule has 0 aromatic heterocycles. The van der Waals surface area contributed by atoms with Crippen molar-refractivity contribution >= 4 is 33.0 Å². The molecule has 7 nitrogen and oxygen atoms in total. The van der Waals surface area contributed by atoms with Gasteiger partial charge >= 0.3 is 0 Å². The van der Waals surface area contributed by atoms with E-state index in [0.29, 0.717) is 24.6 Å². The number of rotatable bonds is 6. The standard InChI is InChI=1S/C25H27N3O4S/c1-18-6-8-21(9-7-18)27-33(30,31)23-5-3-4-20(17-23)25(29)26-24-11-10-22(16-19(24)2)28-12-14-32-15-13-28/h3-11,16-17,27H,12-15H2,1-2H3,(H,26,29). The SMILES string of the molecule is Cc1ccc(NS(=O)(=O)c2cccc(C(=O)Nc3ccc(N4CCOCC4)cc3C)c2)cc1. The van der Waals surface area contributed by atoms with Crippen LogP contribution in [0.4, 0.5) is 17.1 Å². The Kier molecular flexibility index (Phi) is 6.67. The topological polar surface area (TPSA) is 87.7 Å². The first kappa shape index (κ1) is 22.8. The van der Waals surface area contributed by atoms with Gasteiger partial charge in [-0.05, 0) is 67.9 Å². The minimum absolute atomic E-state index is 0.0233. The van der Waals surface area contributed by atoms with Crippen molar-refractivity contribution < 1.29 is 17.9 Å². The van der Waals surface area contributed by atoms with Gasteiger partial charge in [-0.3, -0.25) is 9.52 Å². The molecule has 1 aliphatic heterocycles. The lowest BCUT2D eigenvalue weighted by molar-refractivity contribution is 0.102. The van der Waals surface area contributed by atoms with Gasteiger partial charge < -0.3 is 15.0 Å². The maximum atomic E-state index is 12.9. The van der Waals surface area contributed by atoms with E-state index in [1.54, 1.807) is 24.3 Å². The summed E-state index contributed by atoms with van der Waals surface area (Å²) in [7, 11) is -3.83. The lowest BCUT2D eigenvalue weighted by Gasteiger charge is -2.29. The number of carbonyl (C=O) groups excluding carboxylic acids is 1. The number of aryl methyl sites for hydroxylation is 2. The zero-order valence-electron chi connectivity index (χ0n) is 18.7. The Balaban J connectivity index is 1.49. The van der Waals surface area contributed by atoms with Gasteiger partial charge in [-0.1, -0.05) is 23.8 Å². The van der Waals surface area contributed by atoms with Gasteiger partial charge in [0.2, 0.25) is 0 Å². The molecule has 4 rings (SSSR count). The van der Waals surface area contributed by atoms with Crippen LogP contribution in [-0.4, -0.2) is 40.6 Å². The zero-order chi connectivity index (χ0) is 23.4. The summed E-state index contributed by atoms with van der Waals surface area (Å²) in [6.45, 7) is 6.95. The van der Waals surface area contributed by atoms with E-state index in [-0.39, 0.29) is 16.4 Å². The van der Waals surface area contributed by atoms with Crippen LogP contribution in [0.15, 0.2) is 71.6 Å². The number of carbonyl (C=O) groups is 1. The first-order valence-electron chi connectivity index (χ1n) is 10.8. The second-order valence-corrected chi connectivity index (χ2v) is 9.73. The molecule has 172 valence electrons. The molecule has 0 radical (unpaired) electrons. The molecule has 0 bridgehead atoms. The predicted molar refractivity (Wildman–Crippen MR) is 131 cm³/mol. The van der Waals surface area contributed by atoms with Gasteiger partial charge in [0.1, 0.15) is 0 Å². The van der Waals surface area contributed by atoms with Crippen LogP contribution in [0.25, 0.3) is 0 Å². The quantitative estimate of drug-likeness (QED) is 0.570. The molecule has 1 aliphatic rings. The van der Waals surface area contributed by atoms with Crippen LogP contribution in [0.3, 0.4) is 0 Å². The Hall–Kier alpha value is -3.36. The first-order valence-corrected chi connectivity index (χ1v) is 12.2. The van der Waals surface area contributed by atoms with Gasteiger partial charge in [-0.2, -0.15) is 0 Å². The average Bonchev–Trinajstić information content (AvgIpc) is 2.82. The van der Waals surface area contributed by atoms with Gasteiger partial charge in [-0.25, -0.2) is 8.42 Å². The third kappa shape index (κ3) is 5.53. The van der Waals surface area contributed by atoms with Crippen molar-refractivity contribution in [1.29, 1.82) is 0 Å². The number of nitrogens with one attached hydrogen (secondary N) is 2. The summed E-state index contributed by atoms with van der Waals surface area (Å²) in [5.41, 5.74) is 4.46. The molecule has 1 heterocycles. The predicted octanol–water partition coefficient (Wildman–Crippen LogP) is 4.19. The lowest BCUT2D eigenvalue weighted by Crippen LogP contribution is -2.36. The van der Waals surface area contributed by atoms with Crippen LogP contribution in [0.1, 0.15) is 21.5 Å². The summed E-state index contributed by atoms with van der Waals surface area (Å²) < 4.78 is 33.6. The van der Waals surface area contributed by atoms with E-state index in [2.05, 4.69) is 14.9 Å². The van der Waals surface area contributed by atoms with Gasteiger partial charge in [0.15, 0.2) is 0 Å². The molecule has 3 aromatic rings. The third-order valence-corrected chi connectivity index (χ3v) is 6.92. The molecule has 1 fully saturated rings. The number of ether oxygens (including phenoxy) is 1. The van der Waals surface area contributed by atoms with Crippen LogP contribution in [0.2, 0.25) is 0 Å². The number of morpholine rings is 1. The van der Waals surface area contributed by atoms with Crippen molar-refractivity contribution in [2.45, 2.75) is 18.7 Å². The van der Waals surface area contributed by atoms with Crippen LogP contribution in [0.5, 0.6) is 0 Å². The van der Waals surface area contributed by atoms with Gasteiger partial charge in [0.05, 0.1) is 18.1 Å². The molecule has 0 spiro atoms. The maximum absolute atomic E-state index is 12.9. The van der Waals surface area contributed by atoms with Crippen molar-refractivity contribution in [3.63, 3.8) is 0 Å². The highest BCUT2D eigenvalue weighted by Gasteiger charge is 2.18. The molecule has 0 atom stereocenters. The van der Waals surface area contributed by atoms with Crippen molar-refractivity contribution in [1.82, 2.24) is 0 Å². The Morgan fingerprint density at radius 1 is 0.939 bits per heavy atom. The Morgan fingerprint density at radius 2 is 1.67 bits per heavy atom. The summed E-state index contributed by atoms with van der Waals surface area (Å²) in [4.78, 5) is 15.1. The minimum atomic E-state index is -3.83. The molecule has 0 unspecified atom stereocenters. The normalized spacial score (nSPS) is 14.1. The first-order chi connectivity index (χ1) is 15.8. The van der Waals surface area contributed by atoms with E-state index in [1.165, 1.54) is 12.1 Å². The molecular weight excluding hydrogens is 438 g/mol. The van der Waals surface area contributed by atoms with Gasteiger partial charge in [-0.15, -0.1) is 0 Å². The number of benzene rings is 3. The van der Waals surface area contributed by atoms with E-state index in [4.69, 9.17) is 4.74 Å². The molecule has 3 aromatic carbocycles. The van der Waals surface area contributed by atoms with E-state index in [1.807, 2.05) is 44.2 Å². The van der Waals surface area contributed by atoms with Gasteiger partial charge in [0, 0.05) is 35.7 Å². The van der Waals surface area contributed by atoms with Crippen LogP contribution >= 0.6 is 0 Å². The highest BCUT2D eigenvalue weighted by Crippen LogP contribution is 2.24. The number of amides is 1. The van der Waals surface area contributed by atoms with Crippen molar-refractivity contribution in [3.8, 4) is 0 Å². The molecule has 0 aliphatic carbocycles. The van der Waals surface area contributed by atoms with Crippen LogP contribution < -0.4 is 14.9 Å². The molecule has 8 heteroatoms. The Labute approximate surface area is 194 Å². The largest absolute Gasteiger partial charge is 0.378 e. The number of hydrogen-bond donors (Lipinski definition) is 2. The summed E-state index contributed by atoms with van der Waals surface area (Å²) in [6.07, 6.45) is 0. The molecule has 33 heavy (non-hydrogen) atoms. The van der Waals surface area contributed by atoms with Gasteiger partial charge in [0.25, 0.3) is 15.9 Å². The van der Waals surface area contributed by atoms with E-state index < -0.39 is 10.0 Å². The minimum Gasteiger partial charge on any atom is -0.378 e. The second kappa shape index (κ2) is 9.64. The highest BCUT2D eigenvalue weighted by molar-refractivity contribution is 7.92. The van der Waals surface area contributed by atoms with E-state index >= 15 is 0 Å². The molecule has 0 saturated carbocycles. The molecular formula is C25H27N3O4S. The fourth-order valence-electron chi connectivity index (χ4n) is 3.64. The van der Waals surface area contributed by atoms with Crippen molar-refractivity contribution in [3.05, 3.63) is 83.4 Å². The van der Waals surface area contributed by atoms with E-state index in [0.717, 1.165) is 29.9 Å². The smallest absolute Gasteiger partial charge is 0.261 e. The third-order valence-electron chi connectivity index (χ3n) is 5.54. The average molecular weight is 466 g/mol. The highest BCUT2D eigenvalue weighted by atomic mass is 32.2. The fourth-order valence-corrected chi connectivity index (χ4v) is 4.75. The van der Waals surface area contributed by atoms with Crippen molar-refractivity contribution in [2.75, 3.05) is 41.2 Å². The zero-order valence-corrected chi connectivity index (χ0v) is 19.5. The van der Waals surface area contributed by atoms with E-state index in [9.17, 15) is 13.2 Å².